The lowest BCUT2D eigenvalue weighted by Gasteiger charge is -2.34. The van der Waals surface area contributed by atoms with Gasteiger partial charge in [-0.3, -0.25) is 13.9 Å². The summed E-state index contributed by atoms with van der Waals surface area (Å²) in [7, 11) is -3.93. The second kappa shape index (κ2) is 14.7. The summed E-state index contributed by atoms with van der Waals surface area (Å²) in [6.45, 7) is 1.75. The van der Waals surface area contributed by atoms with E-state index in [4.69, 9.17) is 34.8 Å². The van der Waals surface area contributed by atoms with Crippen LogP contribution >= 0.6 is 34.8 Å². The number of hydrogen-bond acceptors (Lipinski definition) is 4. The highest BCUT2D eigenvalue weighted by Gasteiger charge is 2.34. The number of amides is 2. The zero-order chi connectivity index (χ0) is 29.3. The maximum absolute atomic E-state index is 14.1. The summed E-state index contributed by atoms with van der Waals surface area (Å²) in [5.74, 6) is -0.981. The van der Waals surface area contributed by atoms with E-state index >= 15 is 0 Å². The Morgan fingerprint density at radius 3 is 2.08 bits per heavy atom. The first-order chi connectivity index (χ1) is 19.0. The Balaban J connectivity index is 2.09. The van der Waals surface area contributed by atoms with Gasteiger partial charge in [0.1, 0.15) is 12.6 Å². The molecule has 0 radical (unpaired) electrons. The van der Waals surface area contributed by atoms with Crippen LogP contribution in [0.15, 0.2) is 72.8 Å². The first-order valence-corrected chi connectivity index (χ1v) is 15.8. The number of nitrogens with zero attached hydrogens (tertiary/aromatic N) is 2. The van der Waals surface area contributed by atoms with Gasteiger partial charge in [0.25, 0.3) is 0 Å². The lowest BCUT2D eigenvalue weighted by atomic mass is 10.0. The van der Waals surface area contributed by atoms with E-state index in [0.717, 1.165) is 29.0 Å². The quantitative estimate of drug-likeness (QED) is 0.238. The normalized spacial score (nSPS) is 12.0. The Morgan fingerprint density at radius 1 is 0.875 bits per heavy atom. The molecule has 0 bridgehead atoms. The molecular formula is C29H32Cl3N3O4S. The highest BCUT2D eigenvalue weighted by molar-refractivity contribution is 7.92. The molecule has 3 rings (SSSR count). The van der Waals surface area contributed by atoms with Crippen LogP contribution in [0.1, 0.15) is 30.9 Å². The van der Waals surface area contributed by atoms with Crippen molar-refractivity contribution in [3.63, 3.8) is 0 Å². The lowest BCUT2D eigenvalue weighted by molar-refractivity contribution is -0.140. The monoisotopic (exact) mass is 623 g/mol. The van der Waals surface area contributed by atoms with Crippen molar-refractivity contribution in [2.24, 2.45) is 0 Å². The van der Waals surface area contributed by atoms with Gasteiger partial charge >= 0.3 is 0 Å². The van der Waals surface area contributed by atoms with Crippen LogP contribution in [0.5, 0.6) is 0 Å². The SMILES string of the molecule is CCCCNC(=O)[C@@H](Cc1ccccc1)N(Cc1c(Cl)cccc1Cl)C(=O)CN(c1ccccc1Cl)S(C)(=O)=O. The average molecular weight is 625 g/mol. The zero-order valence-electron chi connectivity index (χ0n) is 22.3. The third-order valence-electron chi connectivity index (χ3n) is 6.29. The maximum atomic E-state index is 14.1. The molecule has 0 unspecified atom stereocenters. The summed E-state index contributed by atoms with van der Waals surface area (Å²) in [5.41, 5.74) is 1.43. The highest BCUT2D eigenvalue weighted by Crippen LogP contribution is 2.30. The predicted molar refractivity (Wildman–Crippen MR) is 163 cm³/mol. The number of halogens is 3. The predicted octanol–water partition coefficient (Wildman–Crippen LogP) is 5.97. The van der Waals surface area contributed by atoms with Gasteiger partial charge in [-0.1, -0.05) is 96.7 Å². The number of unbranched alkanes of at least 4 members (excludes halogenated alkanes) is 1. The number of carbonyl (C=O) groups excluding carboxylic acids is 2. The summed E-state index contributed by atoms with van der Waals surface area (Å²) >= 11 is 19.3. The number of hydrogen-bond donors (Lipinski definition) is 1. The van der Waals surface area contributed by atoms with E-state index in [-0.39, 0.29) is 29.6 Å². The number of nitrogens with one attached hydrogen (secondary N) is 1. The molecule has 3 aromatic carbocycles. The smallest absolute Gasteiger partial charge is 0.244 e. The minimum absolute atomic E-state index is 0.115. The molecule has 214 valence electrons. The fraction of sp³-hybridized carbons (Fsp3) is 0.310. The van der Waals surface area contributed by atoms with Crippen molar-refractivity contribution in [3.8, 4) is 0 Å². The molecule has 0 aromatic heterocycles. The van der Waals surface area contributed by atoms with E-state index in [1.54, 1.807) is 36.4 Å². The minimum Gasteiger partial charge on any atom is -0.354 e. The van der Waals surface area contributed by atoms with Gasteiger partial charge in [0.05, 0.1) is 17.0 Å². The highest BCUT2D eigenvalue weighted by atomic mass is 35.5. The molecule has 7 nitrogen and oxygen atoms in total. The van der Waals surface area contributed by atoms with Crippen molar-refractivity contribution < 1.29 is 18.0 Å². The van der Waals surface area contributed by atoms with Gasteiger partial charge in [-0.2, -0.15) is 0 Å². The molecule has 0 aliphatic rings. The molecule has 3 aromatic rings. The van der Waals surface area contributed by atoms with Crippen molar-refractivity contribution in [1.29, 1.82) is 0 Å². The average Bonchev–Trinajstić information content (AvgIpc) is 2.91. The van der Waals surface area contributed by atoms with Crippen molar-refractivity contribution in [2.45, 2.75) is 38.8 Å². The fourth-order valence-corrected chi connectivity index (χ4v) is 5.83. The summed E-state index contributed by atoms with van der Waals surface area (Å²) in [4.78, 5) is 29.0. The van der Waals surface area contributed by atoms with Gasteiger partial charge < -0.3 is 10.2 Å². The number of sulfonamides is 1. The van der Waals surface area contributed by atoms with Gasteiger partial charge in [-0.15, -0.1) is 0 Å². The topological polar surface area (TPSA) is 86.8 Å². The molecule has 0 aliphatic carbocycles. The molecule has 0 spiro atoms. The van der Waals surface area contributed by atoms with Gasteiger partial charge in [-0.25, -0.2) is 8.42 Å². The van der Waals surface area contributed by atoms with Crippen LogP contribution in [-0.4, -0.2) is 50.5 Å². The largest absolute Gasteiger partial charge is 0.354 e. The van der Waals surface area contributed by atoms with Crippen molar-refractivity contribution in [2.75, 3.05) is 23.7 Å². The van der Waals surface area contributed by atoms with Crippen LogP contribution in [0.3, 0.4) is 0 Å². The molecular weight excluding hydrogens is 593 g/mol. The van der Waals surface area contributed by atoms with E-state index in [0.29, 0.717) is 22.2 Å². The van der Waals surface area contributed by atoms with Crippen LogP contribution in [0.25, 0.3) is 0 Å². The Morgan fingerprint density at radius 2 is 1.48 bits per heavy atom. The number of carbonyl (C=O) groups is 2. The van der Waals surface area contributed by atoms with E-state index in [1.807, 2.05) is 37.3 Å². The van der Waals surface area contributed by atoms with Crippen LogP contribution in [0, 0.1) is 0 Å². The van der Waals surface area contributed by atoms with Crippen molar-refractivity contribution in [1.82, 2.24) is 10.2 Å². The summed E-state index contributed by atoms with van der Waals surface area (Å²) in [6, 6.07) is 19.6. The summed E-state index contributed by atoms with van der Waals surface area (Å²) in [6.07, 6.45) is 2.83. The lowest BCUT2D eigenvalue weighted by Crippen LogP contribution is -2.53. The fourth-order valence-electron chi connectivity index (χ4n) is 4.16. The number of anilines is 1. The molecule has 0 saturated carbocycles. The first-order valence-electron chi connectivity index (χ1n) is 12.8. The maximum Gasteiger partial charge on any atom is 0.244 e. The summed E-state index contributed by atoms with van der Waals surface area (Å²) in [5, 5.41) is 3.73. The zero-order valence-corrected chi connectivity index (χ0v) is 25.4. The van der Waals surface area contributed by atoms with Gasteiger partial charge in [0, 0.05) is 35.1 Å². The Bertz CT molecular complexity index is 1400. The van der Waals surface area contributed by atoms with Crippen LogP contribution in [0.2, 0.25) is 15.1 Å². The Labute approximate surface area is 251 Å². The van der Waals surface area contributed by atoms with Crippen LogP contribution in [-0.2, 0) is 32.6 Å². The minimum atomic E-state index is -3.93. The first kappa shape index (κ1) is 31.7. The number of para-hydroxylation sites is 1. The molecule has 0 saturated heterocycles. The van der Waals surface area contributed by atoms with Crippen molar-refractivity contribution >= 4 is 62.3 Å². The summed E-state index contributed by atoms with van der Waals surface area (Å²) < 4.78 is 26.6. The van der Waals surface area contributed by atoms with E-state index in [2.05, 4.69) is 5.32 Å². The Kier molecular flexibility index (Phi) is 11.7. The molecule has 40 heavy (non-hydrogen) atoms. The Hall–Kier alpha value is -2.78. The molecule has 1 N–H and O–H groups in total. The van der Waals surface area contributed by atoms with E-state index in [1.165, 1.54) is 11.0 Å². The standard InChI is InChI=1S/C29H32Cl3N3O4S/c1-3-4-17-33-29(37)27(18-21-11-6-5-7-12-21)34(19-22-23(30)14-10-15-24(22)31)28(36)20-35(40(2,38)39)26-16-9-8-13-25(26)32/h5-16,27H,3-4,17-20H2,1-2H3,(H,33,37)/t27-/m1/s1. The number of benzene rings is 3. The third kappa shape index (κ3) is 8.61. The molecule has 1 atom stereocenters. The number of rotatable bonds is 13. The van der Waals surface area contributed by atoms with Crippen molar-refractivity contribution in [3.05, 3.63) is 99.0 Å². The second-order valence-electron chi connectivity index (χ2n) is 9.29. The van der Waals surface area contributed by atoms with Crippen LogP contribution < -0.4 is 9.62 Å². The van der Waals surface area contributed by atoms with Gasteiger partial charge in [0.15, 0.2) is 0 Å². The molecule has 0 fully saturated rings. The molecule has 0 heterocycles. The van der Waals surface area contributed by atoms with E-state index in [9.17, 15) is 18.0 Å². The second-order valence-corrected chi connectivity index (χ2v) is 12.4. The third-order valence-corrected chi connectivity index (χ3v) is 8.45. The van der Waals surface area contributed by atoms with Gasteiger partial charge in [-0.05, 0) is 36.2 Å². The molecule has 2 amide bonds. The van der Waals surface area contributed by atoms with Gasteiger partial charge in [0.2, 0.25) is 21.8 Å². The van der Waals surface area contributed by atoms with E-state index < -0.39 is 28.5 Å². The van der Waals surface area contributed by atoms with Crippen LogP contribution in [0.4, 0.5) is 5.69 Å². The molecule has 0 aliphatic heterocycles. The molecule has 11 heteroatoms.